The van der Waals surface area contributed by atoms with Crippen molar-refractivity contribution in [3.63, 3.8) is 0 Å². The molecule has 0 aliphatic carbocycles. The van der Waals surface area contributed by atoms with Crippen LogP contribution < -0.4 is 0 Å². The van der Waals surface area contributed by atoms with Crippen molar-refractivity contribution in [2.75, 3.05) is 0 Å². The predicted molar refractivity (Wildman–Crippen MR) is 46.5 cm³/mol. The summed E-state index contributed by atoms with van der Waals surface area (Å²) in [6.07, 6.45) is 2.88. The molecular formula is C7H7NO4S. The van der Waals surface area contributed by atoms with Crippen LogP contribution in [0.2, 0.25) is 0 Å². The second-order valence-corrected chi connectivity index (χ2v) is 2.44. The maximum atomic E-state index is 9.55. The van der Waals surface area contributed by atoms with Crippen LogP contribution in [0, 0.1) is 0 Å². The fraction of sp³-hybridized carbons (Fsp3) is 0. The third kappa shape index (κ3) is 10.3. The Morgan fingerprint density at radius 1 is 1.23 bits per heavy atom. The van der Waals surface area contributed by atoms with E-state index in [0.717, 1.165) is 0 Å². The molecule has 0 radical (unpaired) electrons. The normalized spacial score (nSPS) is 8.92. The van der Waals surface area contributed by atoms with Crippen LogP contribution in [0.25, 0.3) is 0 Å². The highest BCUT2D eigenvalue weighted by atomic mass is 32.1. The van der Waals surface area contributed by atoms with Gasteiger partial charge in [-0.2, -0.15) is 0 Å². The molecule has 5 nitrogen and oxygen atoms in total. The van der Waals surface area contributed by atoms with E-state index in [1.54, 1.807) is 23.0 Å². The minimum Gasteiger partial charge on any atom is -0.478 e. The van der Waals surface area contributed by atoms with Crippen LogP contribution in [-0.4, -0.2) is 27.1 Å². The summed E-state index contributed by atoms with van der Waals surface area (Å²) in [5, 5.41) is 17.6. The molecule has 0 aromatic carbocycles. The second-order valence-electron chi connectivity index (χ2n) is 1.69. The molecule has 0 amide bonds. The van der Waals surface area contributed by atoms with Crippen molar-refractivity contribution >= 4 is 23.3 Å². The molecule has 0 unspecified atom stereocenters. The van der Waals surface area contributed by atoms with Crippen LogP contribution in [0.3, 0.4) is 0 Å². The summed E-state index contributed by atoms with van der Waals surface area (Å²) in [6, 6.07) is 0. The van der Waals surface area contributed by atoms with Gasteiger partial charge in [0, 0.05) is 23.7 Å². The first-order valence-electron chi connectivity index (χ1n) is 3.09. The van der Waals surface area contributed by atoms with Crippen molar-refractivity contribution in [1.29, 1.82) is 0 Å². The number of hydrogen-bond acceptors (Lipinski definition) is 4. The number of rotatable bonds is 2. The van der Waals surface area contributed by atoms with Gasteiger partial charge in [-0.1, -0.05) is 0 Å². The van der Waals surface area contributed by atoms with E-state index in [9.17, 15) is 9.59 Å². The molecule has 0 spiro atoms. The van der Waals surface area contributed by atoms with E-state index < -0.39 is 11.9 Å². The summed E-state index contributed by atoms with van der Waals surface area (Å²) < 4.78 is 0. The number of aliphatic carboxylic acids is 2. The van der Waals surface area contributed by atoms with E-state index in [2.05, 4.69) is 4.98 Å². The molecule has 1 rings (SSSR count). The van der Waals surface area contributed by atoms with Gasteiger partial charge in [-0.05, 0) is 0 Å². The third-order valence-electron chi connectivity index (χ3n) is 0.716. The smallest absolute Gasteiger partial charge is 0.328 e. The van der Waals surface area contributed by atoms with Gasteiger partial charge in [-0.3, -0.25) is 4.98 Å². The average Bonchev–Trinajstić information content (AvgIpc) is 2.57. The Kier molecular flexibility index (Phi) is 6.08. The zero-order valence-corrected chi connectivity index (χ0v) is 7.27. The van der Waals surface area contributed by atoms with Gasteiger partial charge in [0.1, 0.15) is 0 Å². The van der Waals surface area contributed by atoms with Crippen molar-refractivity contribution in [1.82, 2.24) is 4.98 Å². The molecule has 0 fully saturated rings. The quantitative estimate of drug-likeness (QED) is 0.693. The monoisotopic (exact) mass is 201 g/mol. The molecule has 0 bridgehead atoms. The molecule has 0 aliphatic heterocycles. The standard InChI is InChI=1S/C4H4O4.C3H3NS/c5-3(6)1-2-4(7)8;1-2-5-3-4-1/h1-2H,(H,5,6)(H,7,8);1-3H/b2-1+;. The Morgan fingerprint density at radius 2 is 1.77 bits per heavy atom. The van der Waals surface area contributed by atoms with Crippen molar-refractivity contribution in [3.05, 3.63) is 29.2 Å². The van der Waals surface area contributed by atoms with Gasteiger partial charge in [0.05, 0.1) is 5.51 Å². The highest BCUT2D eigenvalue weighted by Gasteiger charge is 1.88. The van der Waals surface area contributed by atoms with Crippen LogP contribution >= 0.6 is 11.3 Å². The lowest BCUT2D eigenvalue weighted by molar-refractivity contribution is -0.134. The summed E-state index contributed by atoms with van der Waals surface area (Å²) in [5.74, 6) is -2.51. The fourth-order valence-electron chi connectivity index (χ4n) is 0.318. The van der Waals surface area contributed by atoms with Crippen LogP contribution in [0.4, 0.5) is 0 Å². The Balaban J connectivity index is 0.000000243. The molecule has 1 aromatic rings. The third-order valence-corrected chi connectivity index (χ3v) is 1.24. The zero-order chi connectivity index (χ0) is 10.1. The number of hydrogen-bond donors (Lipinski definition) is 2. The lowest BCUT2D eigenvalue weighted by Crippen LogP contribution is -1.91. The Labute approximate surface area is 78.0 Å². The van der Waals surface area contributed by atoms with E-state index in [0.29, 0.717) is 12.2 Å². The Morgan fingerprint density at radius 3 is 1.92 bits per heavy atom. The minimum absolute atomic E-state index is 0.558. The van der Waals surface area contributed by atoms with Crippen molar-refractivity contribution in [3.8, 4) is 0 Å². The largest absolute Gasteiger partial charge is 0.478 e. The lowest BCUT2D eigenvalue weighted by atomic mass is 10.5. The van der Waals surface area contributed by atoms with Gasteiger partial charge in [0.2, 0.25) is 0 Å². The van der Waals surface area contributed by atoms with Gasteiger partial charge < -0.3 is 10.2 Å². The first-order valence-corrected chi connectivity index (χ1v) is 4.03. The number of nitrogens with zero attached hydrogens (tertiary/aromatic N) is 1. The molecule has 0 saturated heterocycles. The van der Waals surface area contributed by atoms with Crippen LogP contribution in [0.1, 0.15) is 0 Å². The highest BCUT2D eigenvalue weighted by Crippen LogP contribution is 1.85. The van der Waals surface area contributed by atoms with E-state index in [4.69, 9.17) is 10.2 Å². The van der Waals surface area contributed by atoms with Gasteiger partial charge in [-0.15, -0.1) is 11.3 Å². The number of thiazole rings is 1. The first kappa shape index (κ1) is 11.3. The molecule has 0 saturated carbocycles. The van der Waals surface area contributed by atoms with Gasteiger partial charge in [-0.25, -0.2) is 9.59 Å². The second kappa shape index (κ2) is 6.99. The molecule has 1 aromatic heterocycles. The summed E-state index contributed by atoms with van der Waals surface area (Å²) in [4.78, 5) is 22.8. The Hall–Kier alpha value is -1.69. The first-order chi connectivity index (χ1) is 6.13. The average molecular weight is 201 g/mol. The molecule has 13 heavy (non-hydrogen) atoms. The summed E-state index contributed by atoms with van der Waals surface area (Å²) >= 11 is 1.60. The van der Waals surface area contributed by atoms with Crippen LogP contribution in [0.15, 0.2) is 29.2 Å². The van der Waals surface area contributed by atoms with E-state index in [-0.39, 0.29) is 0 Å². The number of carboxylic acid groups (broad SMARTS) is 2. The SMILES string of the molecule is O=C(O)/C=C/C(=O)O.c1cscn1. The van der Waals surface area contributed by atoms with E-state index in [1.165, 1.54) is 0 Å². The van der Waals surface area contributed by atoms with Gasteiger partial charge in [0.25, 0.3) is 0 Å². The van der Waals surface area contributed by atoms with Crippen LogP contribution in [-0.2, 0) is 9.59 Å². The molecule has 0 atom stereocenters. The molecule has 1 heterocycles. The number of aromatic nitrogens is 1. The minimum atomic E-state index is -1.26. The summed E-state index contributed by atoms with van der Waals surface area (Å²) in [7, 11) is 0. The van der Waals surface area contributed by atoms with E-state index in [1.807, 2.05) is 5.38 Å². The summed E-state index contributed by atoms with van der Waals surface area (Å²) in [5.41, 5.74) is 1.79. The van der Waals surface area contributed by atoms with Crippen molar-refractivity contribution in [2.24, 2.45) is 0 Å². The molecule has 70 valence electrons. The maximum Gasteiger partial charge on any atom is 0.328 e. The van der Waals surface area contributed by atoms with Crippen molar-refractivity contribution < 1.29 is 19.8 Å². The lowest BCUT2D eigenvalue weighted by Gasteiger charge is -1.74. The summed E-state index contributed by atoms with van der Waals surface area (Å²) in [6.45, 7) is 0. The van der Waals surface area contributed by atoms with E-state index >= 15 is 0 Å². The molecule has 0 aliphatic rings. The van der Waals surface area contributed by atoms with Gasteiger partial charge in [0.15, 0.2) is 0 Å². The molecule has 2 N–H and O–H groups in total. The topological polar surface area (TPSA) is 87.5 Å². The zero-order valence-electron chi connectivity index (χ0n) is 6.45. The maximum absolute atomic E-state index is 9.55. The predicted octanol–water partition coefficient (Wildman–Crippen LogP) is 0.855. The fourth-order valence-corrected chi connectivity index (χ4v) is 0.670. The molecule has 6 heteroatoms. The van der Waals surface area contributed by atoms with Crippen molar-refractivity contribution in [2.45, 2.75) is 0 Å². The number of carbonyl (C=O) groups is 2. The highest BCUT2D eigenvalue weighted by molar-refractivity contribution is 7.07. The Bertz CT molecular complexity index is 247. The van der Waals surface area contributed by atoms with Crippen LogP contribution in [0.5, 0.6) is 0 Å². The molecular weight excluding hydrogens is 194 g/mol. The van der Waals surface area contributed by atoms with Gasteiger partial charge >= 0.3 is 11.9 Å². The number of carboxylic acids is 2.